The lowest BCUT2D eigenvalue weighted by molar-refractivity contribution is -0.116. The highest BCUT2D eigenvalue weighted by atomic mass is 32.2. The molecule has 1 aromatic heterocycles. The molecule has 0 aliphatic carbocycles. The molecule has 0 saturated carbocycles. The summed E-state index contributed by atoms with van der Waals surface area (Å²) in [4.78, 5) is 13.2. The van der Waals surface area contributed by atoms with Gasteiger partial charge in [-0.2, -0.15) is 0 Å². The summed E-state index contributed by atoms with van der Waals surface area (Å²) in [5.74, 6) is 1.27. The van der Waals surface area contributed by atoms with E-state index in [9.17, 15) is 13.2 Å². The van der Waals surface area contributed by atoms with Gasteiger partial charge in [0, 0.05) is 26.1 Å². The molecule has 25 heavy (non-hydrogen) atoms. The molecule has 0 aliphatic heterocycles. The molecule has 8 nitrogen and oxygen atoms in total. The zero-order valence-corrected chi connectivity index (χ0v) is 15.4. The third kappa shape index (κ3) is 4.58. The van der Waals surface area contributed by atoms with E-state index in [2.05, 4.69) is 9.88 Å². The molecule has 0 radical (unpaired) electrons. The molecule has 1 N–H and O–H groups in total. The normalized spacial score (nSPS) is 11.4. The summed E-state index contributed by atoms with van der Waals surface area (Å²) < 4.78 is 37.3. The number of nitrogens with zero attached hydrogens (tertiary/aromatic N) is 2. The van der Waals surface area contributed by atoms with Crippen molar-refractivity contribution in [2.75, 3.05) is 25.1 Å². The Labute approximate surface area is 146 Å². The monoisotopic (exact) mass is 367 g/mol. The van der Waals surface area contributed by atoms with Crippen molar-refractivity contribution in [2.24, 2.45) is 0 Å². The molecule has 0 bridgehead atoms. The van der Waals surface area contributed by atoms with Crippen molar-refractivity contribution in [1.82, 2.24) is 9.88 Å². The molecule has 9 heteroatoms. The molecule has 0 unspecified atom stereocenters. The van der Waals surface area contributed by atoms with Gasteiger partial charge in [0.15, 0.2) is 5.82 Å². The molecule has 1 amide bonds. The minimum Gasteiger partial charge on any atom is -0.496 e. The number of nitrogens with one attached hydrogen (secondary N) is 1. The summed E-state index contributed by atoms with van der Waals surface area (Å²) in [5, 5.41) is 3.78. The number of carbonyl (C=O) groups is 1. The maximum Gasteiger partial charge on any atom is 0.240 e. The van der Waals surface area contributed by atoms with E-state index in [1.54, 1.807) is 26.0 Å². The van der Waals surface area contributed by atoms with Gasteiger partial charge in [0.2, 0.25) is 15.9 Å². The Morgan fingerprint density at radius 3 is 2.56 bits per heavy atom. The zero-order valence-electron chi connectivity index (χ0n) is 14.6. The number of hydrogen-bond donors (Lipinski definition) is 1. The first kappa shape index (κ1) is 18.9. The molecule has 136 valence electrons. The van der Waals surface area contributed by atoms with Gasteiger partial charge in [0.1, 0.15) is 11.5 Å². The van der Waals surface area contributed by atoms with Gasteiger partial charge in [-0.3, -0.25) is 9.69 Å². The largest absolute Gasteiger partial charge is 0.496 e. The number of rotatable bonds is 7. The van der Waals surface area contributed by atoms with Crippen LogP contribution in [0.15, 0.2) is 33.7 Å². The fourth-order valence-electron chi connectivity index (χ4n) is 2.31. The SMILES string of the molecule is COc1ccc(S(=O)(=O)NCCN(C(C)=O)c2cc(C)on2)cc1C. The van der Waals surface area contributed by atoms with Crippen LogP contribution in [-0.2, 0) is 14.8 Å². The van der Waals surface area contributed by atoms with Gasteiger partial charge < -0.3 is 9.26 Å². The lowest BCUT2D eigenvalue weighted by Crippen LogP contribution is -2.37. The molecule has 2 rings (SSSR count). The Morgan fingerprint density at radius 2 is 2.04 bits per heavy atom. The Kier molecular flexibility index (Phi) is 5.81. The molecule has 0 fully saturated rings. The van der Waals surface area contributed by atoms with E-state index in [0.717, 1.165) is 0 Å². The van der Waals surface area contributed by atoms with Crippen LogP contribution in [-0.4, -0.2) is 39.7 Å². The molecule has 0 saturated heterocycles. The van der Waals surface area contributed by atoms with Crippen LogP contribution in [0.1, 0.15) is 18.2 Å². The third-order valence-corrected chi connectivity index (χ3v) is 5.03. The van der Waals surface area contributed by atoms with Crippen LogP contribution in [0.4, 0.5) is 5.82 Å². The Balaban J connectivity index is 2.06. The van der Waals surface area contributed by atoms with Crippen molar-refractivity contribution < 1.29 is 22.5 Å². The quantitative estimate of drug-likeness (QED) is 0.798. The van der Waals surface area contributed by atoms with Gasteiger partial charge in [-0.15, -0.1) is 0 Å². The standard InChI is InChI=1S/C16H21N3O5S/c1-11-9-14(5-6-15(11)23-4)25(21,22)17-7-8-19(13(3)20)16-10-12(2)24-18-16/h5-6,9-10,17H,7-8H2,1-4H3. The number of hydrogen-bond acceptors (Lipinski definition) is 6. The Morgan fingerprint density at radius 1 is 1.32 bits per heavy atom. The van der Waals surface area contributed by atoms with Crippen molar-refractivity contribution >= 4 is 21.7 Å². The second-order valence-electron chi connectivity index (χ2n) is 5.50. The van der Waals surface area contributed by atoms with Crippen molar-refractivity contribution in [2.45, 2.75) is 25.7 Å². The minimum absolute atomic E-state index is 0.0406. The highest BCUT2D eigenvalue weighted by Crippen LogP contribution is 2.21. The van der Waals surface area contributed by atoms with Crippen LogP contribution < -0.4 is 14.4 Å². The third-order valence-electron chi connectivity index (χ3n) is 3.58. The van der Waals surface area contributed by atoms with E-state index in [-0.39, 0.29) is 23.9 Å². The number of aryl methyl sites for hydroxylation is 2. The summed E-state index contributed by atoms with van der Waals surface area (Å²) in [6.45, 7) is 5.03. The van der Waals surface area contributed by atoms with Crippen molar-refractivity contribution in [3.8, 4) is 5.75 Å². The molecule has 1 aromatic carbocycles. The van der Waals surface area contributed by atoms with Crippen LogP contribution in [0.25, 0.3) is 0 Å². The van der Waals surface area contributed by atoms with Gasteiger partial charge in [-0.25, -0.2) is 13.1 Å². The number of amides is 1. The molecule has 1 heterocycles. The van der Waals surface area contributed by atoms with Gasteiger partial charge >= 0.3 is 0 Å². The maximum absolute atomic E-state index is 12.4. The van der Waals surface area contributed by atoms with Crippen LogP contribution in [0.2, 0.25) is 0 Å². The first-order valence-electron chi connectivity index (χ1n) is 7.60. The second-order valence-corrected chi connectivity index (χ2v) is 7.26. The van der Waals surface area contributed by atoms with Crippen LogP contribution >= 0.6 is 0 Å². The summed E-state index contributed by atoms with van der Waals surface area (Å²) in [6, 6.07) is 6.22. The van der Waals surface area contributed by atoms with E-state index in [0.29, 0.717) is 22.9 Å². The highest BCUT2D eigenvalue weighted by Gasteiger charge is 2.19. The first-order valence-corrected chi connectivity index (χ1v) is 9.08. The molecule has 2 aromatic rings. The fourth-order valence-corrected chi connectivity index (χ4v) is 3.41. The van der Waals surface area contributed by atoms with Gasteiger partial charge in [-0.1, -0.05) is 5.16 Å². The minimum atomic E-state index is -3.69. The Hall–Kier alpha value is -2.39. The van der Waals surface area contributed by atoms with Crippen LogP contribution in [0.5, 0.6) is 5.75 Å². The molecule has 0 aliphatic rings. The number of aromatic nitrogens is 1. The number of methoxy groups -OCH3 is 1. The van der Waals surface area contributed by atoms with Crippen molar-refractivity contribution in [1.29, 1.82) is 0 Å². The summed E-state index contributed by atoms with van der Waals surface area (Å²) >= 11 is 0. The van der Waals surface area contributed by atoms with Gasteiger partial charge in [0.05, 0.1) is 12.0 Å². The topological polar surface area (TPSA) is 102 Å². The van der Waals surface area contributed by atoms with E-state index in [4.69, 9.17) is 9.26 Å². The van der Waals surface area contributed by atoms with E-state index in [1.807, 2.05) is 0 Å². The first-order chi connectivity index (χ1) is 11.7. The maximum atomic E-state index is 12.4. The molecule has 0 atom stereocenters. The van der Waals surface area contributed by atoms with Crippen molar-refractivity contribution in [3.05, 3.63) is 35.6 Å². The van der Waals surface area contributed by atoms with Crippen LogP contribution in [0, 0.1) is 13.8 Å². The summed E-state index contributed by atoms with van der Waals surface area (Å²) in [7, 11) is -2.17. The van der Waals surface area contributed by atoms with E-state index in [1.165, 1.54) is 31.1 Å². The van der Waals surface area contributed by atoms with Crippen molar-refractivity contribution in [3.63, 3.8) is 0 Å². The Bertz CT molecular complexity index is 860. The average molecular weight is 367 g/mol. The predicted octanol–water partition coefficient (Wildman–Crippen LogP) is 1.63. The number of anilines is 1. The summed E-state index contributed by atoms with van der Waals surface area (Å²) in [6.07, 6.45) is 0. The predicted molar refractivity (Wildman–Crippen MR) is 92.2 cm³/mol. The number of benzene rings is 1. The summed E-state index contributed by atoms with van der Waals surface area (Å²) in [5.41, 5.74) is 0.716. The zero-order chi connectivity index (χ0) is 18.6. The second kappa shape index (κ2) is 7.66. The lowest BCUT2D eigenvalue weighted by atomic mass is 10.2. The molecule has 0 spiro atoms. The van der Waals surface area contributed by atoms with Gasteiger partial charge in [0.25, 0.3) is 0 Å². The highest BCUT2D eigenvalue weighted by molar-refractivity contribution is 7.89. The van der Waals surface area contributed by atoms with E-state index >= 15 is 0 Å². The number of carbonyl (C=O) groups excluding carboxylic acids is 1. The molecular weight excluding hydrogens is 346 g/mol. The number of sulfonamides is 1. The average Bonchev–Trinajstić information content (AvgIpc) is 2.97. The smallest absolute Gasteiger partial charge is 0.240 e. The van der Waals surface area contributed by atoms with E-state index < -0.39 is 10.0 Å². The molecular formula is C16H21N3O5S. The number of ether oxygens (including phenoxy) is 1. The lowest BCUT2D eigenvalue weighted by Gasteiger charge is -2.18. The fraction of sp³-hybridized carbons (Fsp3) is 0.375. The van der Waals surface area contributed by atoms with Gasteiger partial charge in [-0.05, 0) is 37.6 Å². The van der Waals surface area contributed by atoms with Crippen LogP contribution in [0.3, 0.4) is 0 Å².